The van der Waals surface area contributed by atoms with Crippen molar-refractivity contribution in [2.24, 2.45) is 0 Å². The summed E-state index contributed by atoms with van der Waals surface area (Å²) in [6.07, 6.45) is 3.87. The zero-order valence-corrected chi connectivity index (χ0v) is 15.7. The molecule has 1 aliphatic heterocycles. The number of halogens is 1. The van der Waals surface area contributed by atoms with Crippen molar-refractivity contribution in [2.45, 2.75) is 20.0 Å². The van der Waals surface area contributed by atoms with Crippen molar-refractivity contribution in [2.75, 3.05) is 26.2 Å². The average Bonchev–Trinajstić information content (AvgIpc) is 3.14. The van der Waals surface area contributed by atoms with Crippen LogP contribution in [0.3, 0.4) is 0 Å². The number of hydrogen-bond donors (Lipinski definition) is 0. The molecule has 4 nitrogen and oxygen atoms in total. The molecule has 0 bridgehead atoms. The van der Waals surface area contributed by atoms with Crippen molar-refractivity contribution >= 4 is 0 Å². The molecule has 1 aliphatic rings. The highest BCUT2D eigenvalue weighted by Crippen LogP contribution is 2.15. The zero-order chi connectivity index (χ0) is 18.6. The molecule has 0 radical (unpaired) electrons. The van der Waals surface area contributed by atoms with Crippen LogP contribution in [0.2, 0.25) is 0 Å². The van der Waals surface area contributed by atoms with Crippen LogP contribution in [0.1, 0.15) is 16.7 Å². The van der Waals surface area contributed by atoms with Crippen molar-refractivity contribution in [1.82, 2.24) is 19.6 Å². The number of hydrogen-bond acceptors (Lipinski definition) is 3. The summed E-state index contributed by atoms with van der Waals surface area (Å²) >= 11 is 0. The van der Waals surface area contributed by atoms with Gasteiger partial charge in [-0.2, -0.15) is 5.10 Å². The van der Waals surface area contributed by atoms with E-state index in [0.29, 0.717) is 0 Å². The smallest absolute Gasteiger partial charge is 0.125 e. The molecule has 140 valence electrons. The molecule has 27 heavy (non-hydrogen) atoms. The summed E-state index contributed by atoms with van der Waals surface area (Å²) in [4.78, 5) is 4.98. The van der Waals surface area contributed by atoms with Gasteiger partial charge in [0.2, 0.25) is 0 Å². The molecule has 0 spiro atoms. The molecule has 4 rings (SSSR count). The Morgan fingerprint density at radius 1 is 0.926 bits per heavy atom. The van der Waals surface area contributed by atoms with Crippen molar-refractivity contribution in [3.63, 3.8) is 0 Å². The minimum atomic E-state index is -0.241. The molecule has 0 amide bonds. The van der Waals surface area contributed by atoms with Gasteiger partial charge >= 0.3 is 0 Å². The van der Waals surface area contributed by atoms with Gasteiger partial charge in [-0.1, -0.05) is 30.3 Å². The van der Waals surface area contributed by atoms with Crippen LogP contribution in [0.4, 0.5) is 4.39 Å². The van der Waals surface area contributed by atoms with Crippen LogP contribution >= 0.6 is 0 Å². The van der Waals surface area contributed by atoms with Crippen molar-refractivity contribution < 1.29 is 4.39 Å². The van der Waals surface area contributed by atoms with E-state index in [4.69, 9.17) is 0 Å². The summed E-state index contributed by atoms with van der Waals surface area (Å²) in [5.74, 6) is -0.241. The van der Waals surface area contributed by atoms with Gasteiger partial charge in [0.1, 0.15) is 5.82 Å². The normalized spacial score (nSPS) is 15.9. The van der Waals surface area contributed by atoms with E-state index in [1.807, 2.05) is 18.5 Å². The maximum absolute atomic E-state index is 13.4. The Morgan fingerprint density at radius 3 is 2.41 bits per heavy atom. The van der Waals surface area contributed by atoms with E-state index in [1.54, 1.807) is 10.7 Å². The van der Waals surface area contributed by atoms with Gasteiger partial charge < -0.3 is 0 Å². The lowest BCUT2D eigenvalue weighted by Gasteiger charge is -2.34. The standard InChI is InChI=1S/C22H25FN4/c1-18-5-2-3-6-20(18)17-26-11-9-25(10-12-26)15-19-14-24-27(16-19)22-8-4-7-21(23)13-22/h2-8,13-14,16H,9-12,15,17H2,1H3. The Bertz CT molecular complexity index is 897. The highest BCUT2D eigenvalue weighted by molar-refractivity contribution is 5.31. The van der Waals surface area contributed by atoms with Crippen molar-refractivity contribution in [3.05, 3.63) is 83.4 Å². The highest BCUT2D eigenvalue weighted by Gasteiger charge is 2.18. The van der Waals surface area contributed by atoms with Gasteiger partial charge in [-0.15, -0.1) is 0 Å². The van der Waals surface area contributed by atoms with E-state index in [9.17, 15) is 4.39 Å². The fourth-order valence-corrected chi connectivity index (χ4v) is 3.59. The summed E-state index contributed by atoms with van der Waals surface area (Å²) in [6, 6.07) is 15.1. The van der Waals surface area contributed by atoms with Crippen molar-refractivity contribution in [1.29, 1.82) is 0 Å². The second-order valence-corrected chi connectivity index (χ2v) is 7.25. The monoisotopic (exact) mass is 364 g/mol. The second kappa shape index (κ2) is 8.03. The van der Waals surface area contributed by atoms with Crippen LogP contribution in [0, 0.1) is 12.7 Å². The third kappa shape index (κ3) is 4.43. The fraction of sp³-hybridized carbons (Fsp3) is 0.318. The van der Waals surface area contributed by atoms with Crippen LogP contribution < -0.4 is 0 Å². The SMILES string of the molecule is Cc1ccccc1CN1CCN(Cc2cnn(-c3cccc(F)c3)c2)CC1. The maximum Gasteiger partial charge on any atom is 0.125 e. The highest BCUT2D eigenvalue weighted by atomic mass is 19.1. The van der Waals surface area contributed by atoms with E-state index >= 15 is 0 Å². The molecule has 1 aromatic heterocycles. The molecule has 0 atom stereocenters. The minimum Gasteiger partial charge on any atom is -0.297 e. The van der Waals surface area contributed by atoms with E-state index in [0.717, 1.165) is 50.5 Å². The molecule has 3 aromatic rings. The quantitative estimate of drug-likeness (QED) is 0.691. The Kier molecular flexibility index (Phi) is 5.32. The van der Waals surface area contributed by atoms with Crippen LogP contribution in [-0.2, 0) is 13.1 Å². The van der Waals surface area contributed by atoms with Gasteiger partial charge in [0.15, 0.2) is 0 Å². The summed E-state index contributed by atoms with van der Waals surface area (Å²) in [5.41, 5.74) is 4.70. The molecule has 5 heteroatoms. The van der Waals surface area contributed by atoms with Crippen LogP contribution in [0.25, 0.3) is 5.69 Å². The zero-order valence-electron chi connectivity index (χ0n) is 15.7. The first-order valence-electron chi connectivity index (χ1n) is 9.46. The predicted octanol–water partition coefficient (Wildman–Crippen LogP) is 3.64. The lowest BCUT2D eigenvalue weighted by molar-refractivity contribution is 0.122. The number of aryl methyl sites for hydroxylation is 1. The van der Waals surface area contributed by atoms with E-state index in [-0.39, 0.29) is 5.82 Å². The second-order valence-electron chi connectivity index (χ2n) is 7.25. The molecule has 2 heterocycles. The number of aromatic nitrogens is 2. The van der Waals surface area contributed by atoms with Gasteiger partial charge in [0, 0.05) is 51.0 Å². The molecular formula is C22H25FN4. The minimum absolute atomic E-state index is 0.241. The predicted molar refractivity (Wildman–Crippen MR) is 105 cm³/mol. The number of piperazine rings is 1. The van der Waals surface area contributed by atoms with E-state index < -0.39 is 0 Å². The van der Waals surface area contributed by atoms with Crippen LogP contribution in [0.15, 0.2) is 60.9 Å². The lowest BCUT2D eigenvalue weighted by atomic mass is 10.1. The van der Waals surface area contributed by atoms with Crippen LogP contribution in [0.5, 0.6) is 0 Å². The number of rotatable bonds is 5. The third-order valence-corrected chi connectivity index (χ3v) is 5.24. The van der Waals surface area contributed by atoms with Gasteiger partial charge in [-0.25, -0.2) is 9.07 Å². The summed E-state index contributed by atoms with van der Waals surface area (Å²) in [5, 5.41) is 4.39. The molecule has 0 unspecified atom stereocenters. The van der Waals surface area contributed by atoms with Gasteiger partial charge in [-0.05, 0) is 36.2 Å². The first kappa shape index (κ1) is 17.9. The molecule has 1 saturated heterocycles. The molecule has 0 saturated carbocycles. The van der Waals surface area contributed by atoms with E-state index in [1.165, 1.54) is 23.3 Å². The average molecular weight is 364 g/mol. The first-order valence-corrected chi connectivity index (χ1v) is 9.46. The van der Waals surface area contributed by atoms with Crippen molar-refractivity contribution in [3.8, 4) is 5.69 Å². The summed E-state index contributed by atoms with van der Waals surface area (Å²) < 4.78 is 15.1. The maximum atomic E-state index is 13.4. The van der Waals surface area contributed by atoms with Crippen LogP contribution in [-0.4, -0.2) is 45.8 Å². The largest absolute Gasteiger partial charge is 0.297 e. The topological polar surface area (TPSA) is 24.3 Å². The Hall–Kier alpha value is -2.50. The van der Waals surface area contributed by atoms with E-state index in [2.05, 4.69) is 46.1 Å². The fourth-order valence-electron chi connectivity index (χ4n) is 3.59. The van der Waals surface area contributed by atoms with Gasteiger partial charge in [0.25, 0.3) is 0 Å². The molecule has 0 aliphatic carbocycles. The Labute approximate surface area is 159 Å². The third-order valence-electron chi connectivity index (χ3n) is 5.24. The molecule has 1 fully saturated rings. The number of nitrogens with zero attached hydrogens (tertiary/aromatic N) is 4. The Morgan fingerprint density at radius 2 is 1.67 bits per heavy atom. The lowest BCUT2D eigenvalue weighted by Crippen LogP contribution is -2.45. The molecule has 2 aromatic carbocycles. The summed E-state index contributed by atoms with van der Waals surface area (Å²) in [6.45, 7) is 8.35. The summed E-state index contributed by atoms with van der Waals surface area (Å²) in [7, 11) is 0. The van der Waals surface area contributed by atoms with Gasteiger partial charge in [-0.3, -0.25) is 9.80 Å². The molecule has 0 N–H and O–H groups in total. The number of benzene rings is 2. The first-order chi connectivity index (χ1) is 13.2. The molecular weight excluding hydrogens is 339 g/mol. The van der Waals surface area contributed by atoms with Gasteiger partial charge in [0.05, 0.1) is 11.9 Å². The Balaban J connectivity index is 1.31.